The van der Waals surface area contributed by atoms with E-state index in [1.165, 1.54) is 25.2 Å². The summed E-state index contributed by atoms with van der Waals surface area (Å²) in [5.74, 6) is 0. The summed E-state index contributed by atoms with van der Waals surface area (Å²) in [7, 11) is 1.96. The Balaban J connectivity index is 0.000000293. The van der Waals surface area contributed by atoms with Crippen LogP contribution in [0, 0.1) is 0 Å². The van der Waals surface area contributed by atoms with Crippen molar-refractivity contribution in [3.8, 4) is 0 Å². The molecule has 0 atom stereocenters. The Hall–Kier alpha value is -0.480. The lowest BCUT2D eigenvalue weighted by molar-refractivity contribution is 0.170. The number of likely N-dealkylation sites (tertiary alicyclic amines) is 1. The zero-order valence-corrected chi connectivity index (χ0v) is 10.0. The van der Waals surface area contributed by atoms with Gasteiger partial charge in [0.05, 0.1) is 5.69 Å². The first-order valence-corrected chi connectivity index (χ1v) is 6.50. The summed E-state index contributed by atoms with van der Waals surface area (Å²) in [6.45, 7) is 3.52. The fourth-order valence-electron chi connectivity index (χ4n) is 1.32. The third kappa shape index (κ3) is 3.72. The van der Waals surface area contributed by atoms with Gasteiger partial charge in [-0.25, -0.2) is 0 Å². The largest absolute Gasteiger partial charge is 0.297 e. The number of thioether (sulfide) groups is 1. The van der Waals surface area contributed by atoms with Gasteiger partial charge in [-0.15, -0.1) is 0 Å². The Morgan fingerprint density at radius 1 is 1.43 bits per heavy atom. The van der Waals surface area contributed by atoms with Crippen LogP contribution in [0.15, 0.2) is 12.3 Å². The number of aromatic nitrogens is 2. The van der Waals surface area contributed by atoms with Crippen molar-refractivity contribution in [3.63, 3.8) is 0 Å². The Labute approximate surface area is 90.5 Å². The molecule has 0 N–H and O–H groups in total. The molecule has 2 heterocycles. The monoisotopic (exact) mass is 213 g/mol. The minimum absolute atomic E-state index is 1.03. The molecule has 1 fully saturated rings. The van der Waals surface area contributed by atoms with Gasteiger partial charge in [0.2, 0.25) is 0 Å². The van der Waals surface area contributed by atoms with Crippen molar-refractivity contribution in [1.82, 2.24) is 14.7 Å². The van der Waals surface area contributed by atoms with E-state index < -0.39 is 0 Å². The van der Waals surface area contributed by atoms with Crippen molar-refractivity contribution in [2.24, 2.45) is 7.05 Å². The molecule has 0 unspecified atom stereocenters. The number of nitrogens with zero attached hydrogens (tertiary/aromatic N) is 3. The van der Waals surface area contributed by atoms with Crippen LogP contribution in [0.4, 0.5) is 0 Å². The predicted molar refractivity (Wildman–Crippen MR) is 62.5 cm³/mol. The first-order chi connectivity index (χ1) is 6.76. The second-order valence-corrected chi connectivity index (χ2v) is 4.34. The molecule has 0 aromatic carbocycles. The minimum atomic E-state index is 1.03. The summed E-state index contributed by atoms with van der Waals surface area (Å²) in [6.07, 6.45) is 7.43. The lowest BCUT2D eigenvalue weighted by Crippen LogP contribution is -2.36. The summed E-state index contributed by atoms with van der Waals surface area (Å²) in [4.78, 5) is 2.41. The average Bonchev–Trinajstić information content (AvgIpc) is 2.46. The van der Waals surface area contributed by atoms with E-state index in [0.717, 1.165) is 6.54 Å². The van der Waals surface area contributed by atoms with Crippen molar-refractivity contribution in [2.75, 3.05) is 25.6 Å². The third-order valence-corrected chi connectivity index (χ3v) is 2.10. The van der Waals surface area contributed by atoms with E-state index in [9.17, 15) is 0 Å². The van der Waals surface area contributed by atoms with Crippen LogP contribution in [0.2, 0.25) is 0 Å². The van der Waals surface area contributed by atoms with Crippen LogP contribution in [-0.2, 0) is 13.6 Å². The Morgan fingerprint density at radius 2 is 2.07 bits per heavy atom. The van der Waals surface area contributed by atoms with Crippen molar-refractivity contribution < 1.29 is 0 Å². The third-order valence-electron chi connectivity index (χ3n) is 2.10. The smallest absolute Gasteiger partial charge is 0.0764 e. The van der Waals surface area contributed by atoms with Crippen molar-refractivity contribution >= 4 is 11.8 Å². The Kier molecular flexibility index (Phi) is 5.04. The topological polar surface area (TPSA) is 21.1 Å². The normalized spacial score (nSPS) is 15.6. The van der Waals surface area contributed by atoms with Gasteiger partial charge in [-0.1, -0.05) is 0 Å². The average molecular weight is 213 g/mol. The summed E-state index contributed by atoms with van der Waals surface area (Å²) >= 11 is 1.75. The van der Waals surface area contributed by atoms with Gasteiger partial charge in [0.1, 0.15) is 0 Å². The molecule has 0 bridgehead atoms. The molecule has 4 heteroatoms. The number of hydrogen-bond donors (Lipinski definition) is 0. The van der Waals surface area contributed by atoms with Crippen LogP contribution in [-0.4, -0.2) is 40.3 Å². The number of rotatable bonds is 2. The highest BCUT2D eigenvalue weighted by atomic mass is 32.2. The van der Waals surface area contributed by atoms with E-state index >= 15 is 0 Å². The SMILES string of the molecule is CSC.Cn1ccc(CN2CCC2)n1. The molecule has 0 aliphatic carbocycles. The van der Waals surface area contributed by atoms with Crippen LogP contribution in [0.5, 0.6) is 0 Å². The highest BCUT2D eigenvalue weighted by molar-refractivity contribution is 7.97. The maximum atomic E-state index is 4.31. The zero-order chi connectivity index (χ0) is 10.4. The van der Waals surface area contributed by atoms with Gasteiger partial charge in [0.15, 0.2) is 0 Å². The van der Waals surface area contributed by atoms with Crippen molar-refractivity contribution in [2.45, 2.75) is 13.0 Å². The maximum absolute atomic E-state index is 4.31. The van der Waals surface area contributed by atoms with Crippen LogP contribution in [0.1, 0.15) is 12.1 Å². The molecule has 0 saturated carbocycles. The number of aryl methyl sites for hydroxylation is 1. The van der Waals surface area contributed by atoms with E-state index in [0.29, 0.717) is 0 Å². The summed E-state index contributed by atoms with van der Waals surface area (Å²) in [5.41, 5.74) is 1.19. The van der Waals surface area contributed by atoms with Crippen molar-refractivity contribution in [1.29, 1.82) is 0 Å². The first kappa shape index (κ1) is 11.6. The first-order valence-electron chi connectivity index (χ1n) is 4.87. The molecule has 80 valence electrons. The molecule has 0 spiro atoms. The predicted octanol–water partition coefficient (Wildman–Crippen LogP) is 1.60. The lowest BCUT2D eigenvalue weighted by Gasteiger charge is -2.29. The molecule has 1 aliphatic heterocycles. The minimum Gasteiger partial charge on any atom is -0.297 e. The van der Waals surface area contributed by atoms with Gasteiger partial charge in [-0.3, -0.25) is 9.58 Å². The molecule has 1 aliphatic rings. The second-order valence-electron chi connectivity index (χ2n) is 3.52. The molecule has 3 nitrogen and oxygen atoms in total. The van der Waals surface area contributed by atoms with Crippen LogP contribution >= 0.6 is 11.8 Å². The maximum Gasteiger partial charge on any atom is 0.0764 e. The Morgan fingerprint density at radius 3 is 2.43 bits per heavy atom. The van der Waals surface area contributed by atoms with Gasteiger partial charge in [0.25, 0.3) is 0 Å². The Bertz CT molecular complexity index is 256. The van der Waals surface area contributed by atoms with Crippen molar-refractivity contribution in [3.05, 3.63) is 18.0 Å². The van der Waals surface area contributed by atoms with Gasteiger partial charge >= 0.3 is 0 Å². The summed E-state index contributed by atoms with van der Waals surface area (Å²) < 4.78 is 1.86. The van der Waals surface area contributed by atoms with Gasteiger partial charge in [-0.05, 0) is 38.1 Å². The fraction of sp³-hybridized carbons (Fsp3) is 0.700. The van der Waals surface area contributed by atoms with Crippen LogP contribution in [0.3, 0.4) is 0 Å². The van der Waals surface area contributed by atoms with Crippen LogP contribution in [0.25, 0.3) is 0 Å². The molecular formula is C10H19N3S. The summed E-state index contributed by atoms with van der Waals surface area (Å²) in [6, 6.07) is 2.08. The molecule has 1 aromatic heterocycles. The van der Waals surface area contributed by atoms with E-state index in [4.69, 9.17) is 0 Å². The molecule has 0 radical (unpaired) electrons. The highest BCUT2D eigenvalue weighted by Crippen LogP contribution is 2.09. The second kappa shape index (κ2) is 6.09. The molecule has 14 heavy (non-hydrogen) atoms. The molecular weight excluding hydrogens is 194 g/mol. The summed E-state index contributed by atoms with van der Waals surface area (Å²) in [5, 5.41) is 4.31. The van der Waals surface area contributed by atoms with E-state index in [1.807, 2.05) is 30.4 Å². The standard InChI is InChI=1S/C8H13N3.C2H6S/c1-10-6-3-8(9-10)7-11-4-2-5-11;1-3-2/h3,6H,2,4-5,7H2,1H3;1-2H3. The van der Waals surface area contributed by atoms with E-state index in [1.54, 1.807) is 11.8 Å². The quantitative estimate of drug-likeness (QED) is 0.744. The highest BCUT2D eigenvalue weighted by Gasteiger charge is 2.14. The lowest BCUT2D eigenvalue weighted by atomic mass is 10.2. The molecule has 0 amide bonds. The molecule has 1 saturated heterocycles. The number of hydrogen-bond acceptors (Lipinski definition) is 3. The van der Waals surface area contributed by atoms with Gasteiger partial charge in [-0.2, -0.15) is 16.9 Å². The van der Waals surface area contributed by atoms with E-state index in [2.05, 4.69) is 16.1 Å². The zero-order valence-electron chi connectivity index (χ0n) is 9.23. The van der Waals surface area contributed by atoms with Gasteiger partial charge in [0, 0.05) is 19.8 Å². The molecule has 2 rings (SSSR count). The molecule has 1 aromatic rings. The van der Waals surface area contributed by atoms with Gasteiger partial charge < -0.3 is 0 Å². The van der Waals surface area contributed by atoms with E-state index in [-0.39, 0.29) is 0 Å². The van der Waals surface area contributed by atoms with Crippen LogP contribution < -0.4 is 0 Å². The fourth-order valence-corrected chi connectivity index (χ4v) is 1.32.